The number of unbranched alkanes of at least 4 members (excludes halogenated alkanes) is 2. The van der Waals surface area contributed by atoms with Gasteiger partial charge >= 0.3 is 0 Å². The lowest BCUT2D eigenvalue weighted by molar-refractivity contribution is 0.0952. The summed E-state index contributed by atoms with van der Waals surface area (Å²) in [5.41, 5.74) is 0.281. The van der Waals surface area contributed by atoms with Crippen LogP contribution < -0.4 is 5.32 Å². The van der Waals surface area contributed by atoms with Crippen molar-refractivity contribution < 1.29 is 17.9 Å². The van der Waals surface area contributed by atoms with Gasteiger partial charge in [0.25, 0.3) is 15.0 Å². The smallest absolute Gasteiger partial charge is 0.261 e. The zero-order valence-electron chi connectivity index (χ0n) is 11.3. The fourth-order valence-electron chi connectivity index (χ4n) is 1.64. The van der Waals surface area contributed by atoms with Crippen molar-refractivity contribution in [2.75, 3.05) is 20.3 Å². The molecule has 0 fully saturated rings. The van der Waals surface area contributed by atoms with Crippen molar-refractivity contribution in [2.24, 2.45) is 0 Å². The maximum atomic E-state index is 11.8. The summed E-state index contributed by atoms with van der Waals surface area (Å²) in [5, 5.41) is 2.74. The topological polar surface area (TPSA) is 72.5 Å². The molecule has 0 radical (unpaired) electrons. The monoisotopic (exact) mass is 319 g/mol. The number of carbonyl (C=O) groups is 1. The first-order valence-corrected chi connectivity index (χ1v) is 8.58. The van der Waals surface area contributed by atoms with Gasteiger partial charge in [-0.15, -0.1) is 0 Å². The summed E-state index contributed by atoms with van der Waals surface area (Å²) in [6, 6.07) is 5.65. The number of benzene rings is 1. The van der Waals surface area contributed by atoms with Gasteiger partial charge in [-0.1, -0.05) is 6.07 Å². The molecule has 1 aromatic rings. The molecule has 1 aromatic carbocycles. The summed E-state index contributed by atoms with van der Waals surface area (Å²) < 4.78 is 27.3. The minimum Gasteiger partial charge on any atom is -0.385 e. The third-order valence-electron chi connectivity index (χ3n) is 2.69. The van der Waals surface area contributed by atoms with Gasteiger partial charge in [-0.05, 0) is 37.5 Å². The second-order valence-corrected chi connectivity index (χ2v) is 6.84. The third-order valence-corrected chi connectivity index (χ3v) is 4.04. The second kappa shape index (κ2) is 8.24. The SMILES string of the molecule is COCCCCCNC(=O)c1cccc(S(=O)(=O)Cl)c1. The number of hydrogen-bond donors (Lipinski definition) is 1. The maximum absolute atomic E-state index is 11.8. The predicted octanol–water partition coefficient (Wildman–Crippen LogP) is 2.16. The fourth-order valence-corrected chi connectivity index (χ4v) is 2.44. The van der Waals surface area contributed by atoms with E-state index in [9.17, 15) is 13.2 Å². The van der Waals surface area contributed by atoms with E-state index in [0.717, 1.165) is 19.3 Å². The molecule has 5 nitrogen and oxygen atoms in total. The summed E-state index contributed by atoms with van der Waals surface area (Å²) in [6.07, 6.45) is 2.76. The van der Waals surface area contributed by atoms with Crippen molar-refractivity contribution in [1.29, 1.82) is 0 Å². The van der Waals surface area contributed by atoms with Gasteiger partial charge < -0.3 is 10.1 Å². The van der Waals surface area contributed by atoms with E-state index in [-0.39, 0.29) is 16.4 Å². The summed E-state index contributed by atoms with van der Waals surface area (Å²) in [6.45, 7) is 1.25. The van der Waals surface area contributed by atoms with Gasteiger partial charge in [-0.2, -0.15) is 0 Å². The fraction of sp³-hybridized carbons (Fsp3) is 0.462. The molecule has 1 amide bonds. The Hall–Kier alpha value is -1.11. The largest absolute Gasteiger partial charge is 0.385 e. The van der Waals surface area contributed by atoms with Gasteiger partial charge in [0.15, 0.2) is 0 Å². The van der Waals surface area contributed by atoms with E-state index in [1.807, 2.05) is 0 Å². The summed E-state index contributed by atoms with van der Waals surface area (Å²) in [4.78, 5) is 11.8. The van der Waals surface area contributed by atoms with E-state index >= 15 is 0 Å². The number of carbonyl (C=O) groups excluding carboxylic acids is 1. The van der Waals surface area contributed by atoms with E-state index in [1.54, 1.807) is 13.2 Å². The van der Waals surface area contributed by atoms with Gasteiger partial charge in [0.2, 0.25) is 0 Å². The molecule has 0 heterocycles. The Morgan fingerprint density at radius 3 is 2.70 bits per heavy atom. The van der Waals surface area contributed by atoms with E-state index in [0.29, 0.717) is 13.2 Å². The Bertz CT molecular complexity index is 545. The van der Waals surface area contributed by atoms with Crippen molar-refractivity contribution in [1.82, 2.24) is 5.32 Å². The van der Waals surface area contributed by atoms with Crippen LogP contribution in [0.2, 0.25) is 0 Å². The number of amides is 1. The van der Waals surface area contributed by atoms with Gasteiger partial charge in [-0.3, -0.25) is 4.79 Å². The molecule has 0 spiro atoms. The van der Waals surface area contributed by atoms with Crippen molar-refractivity contribution >= 4 is 25.6 Å². The van der Waals surface area contributed by atoms with Crippen LogP contribution >= 0.6 is 10.7 Å². The Labute approximate surface area is 123 Å². The van der Waals surface area contributed by atoms with Crippen LogP contribution in [0.4, 0.5) is 0 Å². The van der Waals surface area contributed by atoms with Crippen molar-refractivity contribution in [2.45, 2.75) is 24.2 Å². The molecule has 0 aromatic heterocycles. The first-order valence-electron chi connectivity index (χ1n) is 6.27. The molecule has 0 bridgehead atoms. The van der Waals surface area contributed by atoms with Gasteiger partial charge in [-0.25, -0.2) is 8.42 Å². The molecule has 1 N–H and O–H groups in total. The highest BCUT2D eigenvalue weighted by Gasteiger charge is 2.12. The van der Waals surface area contributed by atoms with Crippen LogP contribution in [-0.2, 0) is 13.8 Å². The first-order chi connectivity index (χ1) is 9.45. The Balaban J connectivity index is 2.48. The van der Waals surface area contributed by atoms with E-state index in [4.69, 9.17) is 15.4 Å². The molecule has 20 heavy (non-hydrogen) atoms. The van der Waals surface area contributed by atoms with E-state index < -0.39 is 9.05 Å². The first kappa shape index (κ1) is 16.9. The lowest BCUT2D eigenvalue weighted by Gasteiger charge is -2.06. The third kappa shape index (κ3) is 5.90. The molecule has 0 saturated heterocycles. The molecule has 0 aliphatic rings. The molecule has 0 aliphatic heterocycles. The molecule has 0 atom stereocenters. The molecule has 0 saturated carbocycles. The van der Waals surface area contributed by atoms with Crippen LogP contribution in [0.1, 0.15) is 29.6 Å². The maximum Gasteiger partial charge on any atom is 0.261 e. The average Bonchev–Trinajstić information content (AvgIpc) is 2.41. The highest BCUT2D eigenvalue weighted by atomic mass is 35.7. The highest BCUT2D eigenvalue weighted by molar-refractivity contribution is 8.13. The minimum absolute atomic E-state index is 0.0769. The molecular weight excluding hydrogens is 302 g/mol. The molecule has 0 unspecified atom stereocenters. The summed E-state index contributed by atoms with van der Waals surface area (Å²) in [7, 11) is 3.08. The number of nitrogens with one attached hydrogen (secondary N) is 1. The number of hydrogen-bond acceptors (Lipinski definition) is 4. The van der Waals surface area contributed by atoms with Crippen LogP contribution in [0.15, 0.2) is 29.2 Å². The van der Waals surface area contributed by atoms with Gasteiger partial charge in [0, 0.05) is 36.5 Å². The molecule has 112 valence electrons. The zero-order valence-corrected chi connectivity index (χ0v) is 12.8. The van der Waals surface area contributed by atoms with E-state index in [1.165, 1.54) is 18.2 Å². The Kier molecular flexibility index (Phi) is 6.98. The average molecular weight is 320 g/mol. The number of halogens is 1. The Morgan fingerprint density at radius 1 is 1.30 bits per heavy atom. The van der Waals surface area contributed by atoms with Crippen molar-refractivity contribution in [3.63, 3.8) is 0 Å². The highest BCUT2D eigenvalue weighted by Crippen LogP contribution is 2.16. The normalized spacial score (nSPS) is 11.3. The van der Waals surface area contributed by atoms with Crippen LogP contribution in [0, 0.1) is 0 Å². The number of rotatable bonds is 8. The molecular formula is C13H18ClNO4S. The van der Waals surface area contributed by atoms with Gasteiger partial charge in [0.05, 0.1) is 4.90 Å². The standard InChI is InChI=1S/C13H18ClNO4S/c1-19-9-4-2-3-8-15-13(16)11-6-5-7-12(10-11)20(14,17)18/h5-7,10H,2-4,8-9H2,1H3,(H,15,16). The van der Waals surface area contributed by atoms with Gasteiger partial charge in [0.1, 0.15) is 0 Å². The Morgan fingerprint density at radius 2 is 2.05 bits per heavy atom. The van der Waals surface area contributed by atoms with Crippen LogP contribution in [0.5, 0.6) is 0 Å². The second-order valence-electron chi connectivity index (χ2n) is 4.28. The molecule has 0 aliphatic carbocycles. The van der Waals surface area contributed by atoms with E-state index in [2.05, 4.69) is 5.32 Å². The lowest BCUT2D eigenvalue weighted by Crippen LogP contribution is -2.24. The number of methoxy groups -OCH3 is 1. The van der Waals surface area contributed by atoms with Crippen molar-refractivity contribution in [3.05, 3.63) is 29.8 Å². The minimum atomic E-state index is -3.82. The predicted molar refractivity (Wildman–Crippen MR) is 77.5 cm³/mol. The van der Waals surface area contributed by atoms with Crippen LogP contribution in [0.25, 0.3) is 0 Å². The van der Waals surface area contributed by atoms with Crippen LogP contribution in [0.3, 0.4) is 0 Å². The number of ether oxygens (including phenoxy) is 1. The van der Waals surface area contributed by atoms with Crippen LogP contribution in [-0.4, -0.2) is 34.6 Å². The molecule has 7 heteroatoms. The quantitative estimate of drug-likeness (QED) is 0.588. The summed E-state index contributed by atoms with van der Waals surface area (Å²) in [5.74, 6) is -0.307. The lowest BCUT2D eigenvalue weighted by atomic mass is 10.2. The summed E-state index contributed by atoms with van der Waals surface area (Å²) >= 11 is 0. The van der Waals surface area contributed by atoms with Crippen molar-refractivity contribution in [3.8, 4) is 0 Å². The molecule has 1 rings (SSSR count). The zero-order chi connectivity index (χ0) is 15.0.